The summed E-state index contributed by atoms with van der Waals surface area (Å²) in [5.74, 6) is 0.126. The molecule has 5 nitrogen and oxygen atoms in total. The van der Waals surface area contributed by atoms with Gasteiger partial charge in [0.1, 0.15) is 5.57 Å². The Hall–Kier alpha value is -2.30. The van der Waals surface area contributed by atoms with Gasteiger partial charge in [0.15, 0.2) is 0 Å². The smallest absolute Gasteiger partial charge is 0.277 e. The van der Waals surface area contributed by atoms with Crippen LogP contribution < -0.4 is 10.3 Å². The van der Waals surface area contributed by atoms with Crippen molar-refractivity contribution in [2.45, 2.75) is 20.8 Å². The Kier molecular flexibility index (Phi) is 4.98. The van der Waals surface area contributed by atoms with Gasteiger partial charge in [-0.05, 0) is 44.5 Å². The van der Waals surface area contributed by atoms with Crippen molar-refractivity contribution >= 4 is 23.6 Å². The molecule has 0 aromatic heterocycles. The third-order valence-electron chi connectivity index (χ3n) is 3.35. The van der Waals surface area contributed by atoms with Gasteiger partial charge in [0.25, 0.3) is 5.91 Å². The molecule has 1 N–H and O–H groups in total. The monoisotopic (exact) mass is 287 g/mol. The van der Waals surface area contributed by atoms with Crippen molar-refractivity contribution in [3.63, 3.8) is 0 Å². The molecule has 0 fully saturated rings. The van der Waals surface area contributed by atoms with Crippen LogP contribution >= 0.6 is 0 Å². The summed E-state index contributed by atoms with van der Waals surface area (Å²) in [6.07, 6.45) is 1.79. The summed E-state index contributed by atoms with van der Waals surface area (Å²) in [5, 5.41) is 3.87. The average molecular weight is 287 g/mol. The molecule has 112 valence electrons. The summed E-state index contributed by atoms with van der Waals surface area (Å²) >= 11 is 0. The fourth-order valence-electron chi connectivity index (χ4n) is 2.23. The van der Waals surface area contributed by atoms with Crippen LogP contribution in [-0.2, 0) is 9.53 Å². The first-order valence-electron chi connectivity index (χ1n) is 7.27. The van der Waals surface area contributed by atoms with Crippen molar-refractivity contribution in [3.05, 3.63) is 35.4 Å². The summed E-state index contributed by atoms with van der Waals surface area (Å²) in [4.78, 5) is 14.0. The molecule has 0 unspecified atom stereocenters. The summed E-state index contributed by atoms with van der Waals surface area (Å²) in [6.45, 7) is 8.55. The minimum Gasteiger partial charge on any atom is -0.476 e. The van der Waals surface area contributed by atoms with E-state index in [2.05, 4.69) is 41.4 Å². The number of hydrogen-bond acceptors (Lipinski definition) is 4. The number of carbonyl (C=O) groups excluding carboxylic acids is 1. The van der Waals surface area contributed by atoms with Crippen molar-refractivity contribution in [1.29, 1.82) is 0 Å². The molecule has 0 aliphatic carbocycles. The van der Waals surface area contributed by atoms with E-state index >= 15 is 0 Å². The lowest BCUT2D eigenvalue weighted by atomic mass is 10.1. The van der Waals surface area contributed by atoms with Gasteiger partial charge in [0.05, 0.1) is 6.61 Å². The highest BCUT2D eigenvalue weighted by Gasteiger charge is 2.23. The Balaban J connectivity index is 2.21. The summed E-state index contributed by atoms with van der Waals surface area (Å²) in [6, 6.07) is 8.11. The highest BCUT2D eigenvalue weighted by Crippen LogP contribution is 2.18. The quantitative estimate of drug-likeness (QED) is 0.846. The van der Waals surface area contributed by atoms with E-state index in [0.29, 0.717) is 18.1 Å². The topological polar surface area (TPSA) is 53.9 Å². The van der Waals surface area contributed by atoms with Gasteiger partial charge in [-0.3, -0.25) is 4.79 Å². The molecule has 2 rings (SSSR count). The number of benzene rings is 1. The van der Waals surface area contributed by atoms with Crippen LogP contribution in [0.15, 0.2) is 34.9 Å². The second-order valence-corrected chi connectivity index (χ2v) is 4.61. The van der Waals surface area contributed by atoms with Crippen LogP contribution in [0.2, 0.25) is 0 Å². The second kappa shape index (κ2) is 6.92. The third kappa shape index (κ3) is 3.42. The lowest BCUT2D eigenvalue weighted by molar-refractivity contribution is -0.116. The van der Waals surface area contributed by atoms with E-state index in [1.54, 1.807) is 6.08 Å². The molecule has 0 saturated carbocycles. The number of anilines is 1. The first kappa shape index (κ1) is 15.1. The molecule has 0 saturated heterocycles. The third-order valence-corrected chi connectivity index (χ3v) is 3.35. The fraction of sp³-hybridized carbons (Fsp3) is 0.375. The van der Waals surface area contributed by atoms with E-state index in [0.717, 1.165) is 18.7 Å². The minimum absolute atomic E-state index is 0.230. The van der Waals surface area contributed by atoms with E-state index in [-0.39, 0.29) is 5.91 Å². The molecule has 0 spiro atoms. The Morgan fingerprint density at radius 1 is 1.19 bits per heavy atom. The molecule has 21 heavy (non-hydrogen) atoms. The first-order valence-corrected chi connectivity index (χ1v) is 7.27. The maximum absolute atomic E-state index is 11.7. The van der Waals surface area contributed by atoms with Gasteiger partial charge >= 0.3 is 0 Å². The van der Waals surface area contributed by atoms with Gasteiger partial charge in [0, 0.05) is 18.8 Å². The molecule has 1 aromatic carbocycles. The predicted octanol–water partition coefficient (Wildman–Crippen LogP) is 2.40. The minimum atomic E-state index is -0.230. The van der Waals surface area contributed by atoms with Gasteiger partial charge in [-0.1, -0.05) is 12.1 Å². The van der Waals surface area contributed by atoms with Gasteiger partial charge < -0.3 is 9.64 Å². The van der Waals surface area contributed by atoms with E-state index in [9.17, 15) is 4.79 Å². The second-order valence-electron chi connectivity index (χ2n) is 4.61. The summed E-state index contributed by atoms with van der Waals surface area (Å²) in [5.41, 5.74) is 5.01. The Morgan fingerprint density at radius 3 is 2.43 bits per heavy atom. The standard InChI is InChI=1S/C16H21N3O2/c1-4-19(5-2)13-9-7-12(8-10-13)11-14-15(20)17-18-16(14)21-6-3/h7-11H,4-6H2,1-3H3,(H,17,20). The van der Waals surface area contributed by atoms with Crippen LogP contribution in [0.3, 0.4) is 0 Å². The lowest BCUT2D eigenvalue weighted by Crippen LogP contribution is -2.21. The van der Waals surface area contributed by atoms with Crippen LogP contribution in [-0.4, -0.2) is 31.5 Å². The van der Waals surface area contributed by atoms with Gasteiger partial charge in [0.2, 0.25) is 5.90 Å². The van der Waals surface area contributed by atoms with Crippen molar-refractivity contribution in [1.82, 2.24) is 5.43 Å². The van der Waals surface area contributed by atoms with Crippen LogP contribution in [0.25, 0.3) is 6.08 Å². The van der Waals surface area contributed by atoms with Crippen LogP contribution in [0.4, 0.5) is 5.69 Å². The van der Waals surface area contributed by atoms with Crippen LogP contribution in [0, 0.1) is 0 Å². The number of hydrogen-bond donors (Lipinski definition) is 1. The average Bonchev–Trinajstić information content (AvgIpc) is 2.84. The number of rotatable bonds is 5. The zero-order valence-electron chi connectivity index (χ0n) is 12.7. The molecule has 1 amide bonds. The number of nitrogens with one attached hydrogen (secondary N) is 1. The molecule has 1 aliphatic heterocycles. The zero-order valence-corrected chi connectivity index (χ0v) is 12.7. The number of amides is 1. The molecular formula is C16H21N3O2. The van der Waals surface area contributed by atoms with E-state index in [1.165, 1.54) is 5.69 Å². The van der Waals surface area contributed by atoms with Crippen molar-refractivity contribution in [2.24, 2.45) is 5.10 Å². The molecule has 1 aliphatic rings. The van der Waals surface area contributed by atoms with Crippen LogP contribution in [0.1, 0.15) is 26.3 Å². The molecule has 0 bridgehead atoms. The molecule has 1 aromatic rings. The maximum Gasteiger partial charge on any atom is 0.277 e. The number of hydrazone groups is 1. The largest absolute Gasteiger partial charge is 0.476 e. The summed E-state index contributed by atoms with van der Waals surface area (Å²) < 4.78 is 5.34. The highest BCUT2D eigenvalue weighted by molar-refractivity contribution is 6.24. The molecular weight excluding hydrogens is 266 g/mol. The van der Waals surface area contributed by atoms with Gasteiger partial charge in [-0.2, -0.15) is 0 Å². The number of carbonyl (C=O) groups is 1. The van der Waals surface area contributed by atoms with Crippen molar-refractivity contribution in [2.75, 3.05) is 24.6 Å². The zero-order chi connectivity index (χ0) is 15.2. The Morgan fingerprint density at radius 2 is 1.86 bits per heavy atom. The van der Waals surface area contributed by atoms with Crippen molar-refractivity contribution < 1.29 is 9.53 Å². The predicted molar refractivity (Wildman–Crippen MR) is 85.2 cm³/mol. The van der Waals surface area contributed by atoms with Gasteiger partial charge in [-0.25, -0.2) is 5.43 Å². The number of nitrogens with zero attached hydrogens (tertiary/aromatic N) is 2. The fourth-order valence-corrected chi connectivity index (χ4v) is 2.23. The Labute approximate surface area is 125 Å². The van der Waals surface area contributed by atoms with E-state index < -0.39 is 0 Å². The highest BCUT2D eigenvalue weighted by atomic mass is 16.5. The Bertz CT molecular complexity index is 557. The molecule has 1 heterocycles. The molecule has 0 radical (unpaired) electrons. The molecule has 0 atom stereocenters. The van der Waals surface area contributed by atoms with E-state index in [4.69, 9.17) is 4.74 Å². The number of ether oxygens (including phenoxy) is 1. The van der Waals surface area contributed by atoms with E-state index in [1.807, 2.05) is 19.1 Å². The van der Waals surface area contributed by atoms with Crippen LogP contribution in [0.5, 0.6) is 0 Å². The molecule has 5 heteroatoms. The lowest BCUT2D eigenvalue weighted by Gasteiger charge is -2.20. The maximum atomic E-state index is 11.7. The normalized spacial score (nSPS) is 15.9. The summed E-state index contributed by atoms with van der Waals surface area (Å²) in [7, 11) is 0. The van der Waals surface area contributed by atoms with Crippen molar-refractivity contribution in [3.8, 4) is 0 Å². The SMILES string of the molecule is CCOC1=NNC(=O)C1=Cc1ccc(N(CC)CC)cc1. The first-order chi connectivity index (χ1) is 10.2. The van der Waals surface area contributed by atoms with Gasteiger partial charge in [-0.15, -0.1) is 5.10 Å².